The van der Waals surface area contributed by atoms with Gasteiger partial charge in [0.1, 0.15) is 19.3 Å². The van der Waals surface area contributed by atoms with Crippen molar-refractivity contribution in [3.05, 3.63) is 273 Å². The summed E-state index contributed by atoms with van der Waals surface area (Å²) in [5.41, 5.74) is -1.96. The van der Waals surface area contributed by atoms with Crippen molar-refractivity contribution in [2.75, 3.05) is 37.9 Å². The molecule has 9 aromatic rings. The first-order valence-corrected chi connectivity index (χ1v) is 42.3. The van der Waals surface area contributed by atoms with Crippen LogP contribution in [0.5, 0.6) is 0 Å². The van der Waals surface area contributed by atoms with E-state index in [9.17, 15) is 58.7 Å². The fourth-order valence-electron chi connectivity index (χ4n) is 8.75. The lowest BCUT2D eigenvalue weighted by Gasteiger charge is -2.24. The molecule has 0 aliphatic rings. The smallest absolute Gasteiger partial charge is 0.344 e. The maximum absolute atomic E-state index is 12.3. The zero-order valence-corrected chi connectivity index (χ0v) is 67.7. The van der Waals surface area contributed by atoms with Crippen molar-refractivity contribution in [1.29, 1.82) is 0 Å². The normalized spacial score (nSPS) is 11.7. The number of hydrogen-bond donors (Lipinski definition) is 0. The van der Waals surface area contributed by atoms with Crippen LogP contribution in [0.3, 0.4) is 0 Å². The number of halogens is 2. The van der Waals surface area contributed by atoms with Crippen LogP contribution in [0.4, 0.5) is 8.78 Å². The lowest BCUT2D eigenvalue weighted by molar-refractivity contribution is -0.169. The molecule has 0 saturated carbocycles. The third kappa shape index (κ3) is 36.0. The molecule has 1 unspecified atom stereocenters. The molecule has 0 N–H and O–H groups in total. The van der Waals surface area contributed by atoms with Crippen LogP contribution in [-0.2, 0) is 101 Å². The summed E-state index contributed by atoms with van der Waals surface area (Å²) in [4.78, 5) is 69.3. The van der Waals surface area contributed by atoms with Gasteiger partial charge in [-0.05, 0) is 176 Å². The maximum Gasteiger partial charge on any atom is 0.344 e. The van der Waals surface area contributed by atoms with Crippen molar-refractivity contribution in [1.82, 2.24) is 0 Å². The molecule has 9 aromatic carbocycles. The molecule has 1 atom stereocenters. The van der Waals surface area contributed by atoms with Gasteiger partial charge in [-0.25, -0.2) is 30.4 Å². The van der Waals surface area contributed by atoms with Crippen LogP contribution in [0.2, 0.25) is 0 Å². The third-order valence-electron chi connectivity index (χ3n) is 16.2. The molecule has 9 rings (SSSR count). The summed E-state index contributed by atoms with van der Waals surface area (Å²) < 4.78 is 110. The summed E-state index contributed by atoms with van der Waals surface area (Å²) in [5.74, 6) is -7.63. The van der Waals surface area contributed by atoms with Crippen LogP contribution < -0.4 is 0 Å². The number of benzene rings is 9. The van der Waals surface area contributed by atoms with Gasteiger partial charge in [0.05, 0.1) is 87.1 Å². The summed E-state index contributed by atoms with van der Waals surface area (Å²) in [6.07, 6.45) is 1.39. The highest BCUT2D eigenvalue weighted by Gasteiger charge is 2.34. The van der Waals surface area contributed by atoms with E-state index in [1.165, 1.54) is 44.1 Å². The van der Waals surface area contributed by atoms with Gasteiger partial charge in [0, 0.05) is 6.92 Å². The first kappa shape index (κ1) is 92.4. The Morgan fingerprint density at radius 2 is 0.578 bits per heavy atom. The Labute approximate surface area is 652 Å². The number of hydrogen-bond acceptors (Lipinski definition) is 16. The van der Waals surface area contributed by atoms with Crippen LogP contribution in [-0.4, -0.2) is 106 Å². The predicted molar refractivity (Wildman–Crippen MR) is 425 cm³/mol. The second-order valence-corrected chi connectivity index (χ2v) is 35.4. The zero-order valence-electron chi connectivity index (χ0n) is 63.7. The number of esters is 5. The van der Waals surface area contributed by atoms with Gasteiger partial charge in [-0.15, -0.1) is 0 Å². The minimum absolute atomic E-state index is 0.0146. The van der Waals surface area contributed by atoms with Crippen molar-refractivity contribution in [3.8, 4) is 0 Å². The molecular formula is C86H101F2O16S5+. The number of ether oxygens (including phenoxy) is 5. The predicted octanol–water partition coefficient (Wildman–Crippen LogP) is 18.2. The molecule has 0 heterocycles. The molecule has 0 bridgehead atoms. The Bertz CT molecular complexity index is 3760. The van der Waals surface area contributed by atoms with E-state index in [1.807, 2.05) is 13.8 Å². The average Bonchev–Trinajstić information content (AvgIpc) is 0.826. The third-order valence-corrected chi connectivity index (χ3v) is 24.2. The minimum Gasteiger partial charge on any atom is -0.748 e. The Kier molecular flexibility index (Phi) is 40.0. The van der Waals surface area contributed by atoms with E-state index in [0.29, 0.717) is 32.6 Å². The SMILES string of the molecule is CCC(C)(C)C(=O)OCC(=O)OCC(C)(F)F.CCC(C)(C)C(=O)OCCS(=O)(=O)[O-].CCC(CC(=O)OCCS(=O)(=O)[O-])OC(=O)C(C)(C)CC.c1ccc([S+](c2ccccc2)c2ccccc2)cc1.c1ccc([S+](c2ccccc2)c2ccccc2)cc1.c1ccc([S+](c2ccccc2)c2ccccc2)cc1. The molecule has 0 aliphatic carbocycles. The van der Waals surface area contributed by atoms with Gasteiger partial charge in [0.25, 0.3) is 5.92 Å². The van der Waals surface area contributed by atoms with Crippen molar-refractivity contribution < 1.29 is 82.4 Å². The number of carbonyl (C=O) groups excluding carboxylic acids is 5. The highest BCUT2D eigenvalue weighted by molar-refractivity contribution is 7.97. The van der Waals surface area contributed by atoms with E-state index in [2.05, 4.69) is 292 Å². The summed E-state index contributed by atoms with van der Waals surface area (Å²) >= 11 is 0. The van der Waals surface area contributed by atoms with E-state index >= 15 is 0 Å². The van der Waals surface area contributed by atoms with Gasteiger partial charge in [-0.2, -0.15) is 0 Å². The molecule has 109 heavy (non-hydrogen) atoms. The fraction of sp³-hybridized carbons (Fsp3) is 0.314. The zero-order chi connectivity index (χ0) is 80.5. The van der Waals surface area contributed by atoms with Crippen molar-refractivity contribution >= 4 is 82.8 Å². The van der Waals surface area contributed by atoms with Crippen LogP contribution in [0.15, 0.2) is 317 Å². The number of alkyl halides is 2. The van der Waals surface area contributed by atoms with Crippen LogP contribution in [0.25, 0.3) is 0 Å². The molecular weight excluding hydrogens is 1490 g/mol. The number of carbonyl (C=O) groups is 5. The lowest BCUT2D eigenvalue weighted by atomic mass is 9.90. The molecule has 23 heteroatoms. The van der Waals surface area contributed by atoms with Gasteiger partial charge in [-0.1, -0.05) is 191 Å². The molecule has 0 spiro atoms. The van der Waals surface area contributed by atoms with Crippen molar-refractivity contribution in [2.24, 2.45) is 16.2 Å². The monoisotopic (exact) mass is 1590 g/mol. The Morgan fingerprint density at radius 3 is 0.798 bits per heavy atom. The van der Waals surface area contributed by atoms with Gasteiger partial charge in [0.15, 0.2) is 57.3 Å². The minimum atomic E-state index is -4.41. The van der Waals surface area contributed by atoms with Crippen molar-refractivity contribution in [3.63, 3.8) is 0 Å². The van der Waals surface area contributed by atoms with Gasteiger partial charge in [-0.3, -0.25) is 19.2 Å². The van der Waals surface area contributed by atoms with Crippen molar-refractivity contribution in [2.45, 2.75) is 164 Å². The largest absolute Gasteiger partial charge is 0.748 e. The van der Waals surface area contributed by atoms with E-state index in [-0.39, 0.29) is 45.7 Å². The molecule has 0 amide bonds. The average molecular weight is 1590 g/mol. The molecule has 0 aromatic heterocycles. The summed E-state index contributed by atoms with van der Waals surface area (Å²) in [6.45, 7) is 15.6. The lowest BCUT2D eigenvalue weighted by Crippen LogP contribution is -2.31. The van der Waals surface area contributed by atoms with Gasteiger partial charge < -0.3 is 32.8 Å². The Morgan fingerprint density at radius 1 is 0.349 bits per heavy atom. The topological polar surface area (TPSA) is 246 Å². The quantitative estimate of drug-likeness (QED) is 0.0183. The molecule has 0 fully saturated rings. The Balaban J connectivity index is 0.000000277. The van der Waals surface area contributed by atoms with Gasteiger partial charge in [0.2, 0.25) is 0 Å². The first-order chi connectivity index (χ1) is 51.6. The second-order valence-electron chi connectivity index (χ2n) is 26.3. The first-order valence-electron chi connectivity index (χ1n) is 35.4. The Hall–Kier alpha value is -8.94. The molecule has 16 nitrogen and oxygen atoms in total. The number of rotatable bonds is 29. The molecule has 0 radical (unpaired) electrons. The van der Waals surface area contributed by atoms with Gasteiger partial charge >= 0.3 is 29.8 Å². The highest BCUT2D eigenvalue weighted by atomic mass is 32.2. The molecule has 584 valence electrons. The van der Waals surface area contributed by atoms with Crippen LogP contribution in [0, 0.1) is 16.2 Å². The summed E-state index contributed by atoms with van der Waals surface area (Å²) in [6, 6.07) is 96.5. The molecule has 0 saturated heterocycles. The maximum atomic E-state index is 12.3. The van der Waals surface area contributed by atoms with E-state index < -0.39 is 110 Å². The fourth-order valence-corrected chi connectivity index (χ4v) is 15.6. The summed E-state index contributed by atoms with van der Waals surface area (Å²) in [5, 5.41) is 0. The second kappa shape index (κ2) is 47.2. The van der Waals surface area contributed by atoms with Crippen LogP contribution in [0.1, 0.15) is 108 Å². The summed E-state index contributed by atoms with van der Waals surface area (Å²) in [7, 11) is -8.75. The highest BCUT2D eigenvalue weighted by Crippen LogP contribution is 2.34. The van der Waals surface area contributed by atoms with Crippen LogP contribution >= 0.6 is 0 Å². The van der Waals surface area contributed by atoms with E-state index in [1.54, 1.807) is 55.4 Å². The van der Waals surface area contributed by atoms with E-state index in [4.69, 9.17) is 4.74 Å². The standard InChI is InChI=1S/3C18H15S.C13H24O7S.C11H18F2O4.C8H16O5S/c3*1-4-10-16(11-5-1)19(17-12-6-2-7-13-17)18-14-8-3-9-15-18;1-5-10(20-12(15)13(3,4)6-2)9-11(14)19-7-8-21(16,17)18;1-5-10(2,3)9(15)16-6-8(14)17-7-11(4,12)13;1-4-8(2,3)7(9)13-5-6-14(10,11)12/h3*1-15H;10H,5-9H2,1-4H3,(H,16,17,18);5-7H2,1-4H3;4-6H2,1-3H3,(H,10,11,12)/q3*+1;;;/p-2. The van der Waals surface area contributed by atoms with E-state index in [0.717, 1.165) is 0 Å². The molecule has 0 aliphatic heterocycles.